The molecule has 2 fully saturated rings. The molecule has 2 saturated heterocycles. The number of piperidine rings is 1. The van der Waals surface area contributed by atoms with Gasteiger partial charge in [0, 0.05) is 26.7 Å². The Labute approximate surface area is 227 Å². The standard InChI is InChI=1S/C24H29F3N10O.CH3F/c1-28-22-21-20(18-4-5-19-23(29-18)36(34-32-19)8-3-2-7-25)16(27)11-37(21)33-24(31-22)30-17-6-9-35(10-15(17)26)14-12-38-13-14;1-2/h4-5,11,14-15,17H,2-3,6-10,12-13H2,1H3,(H2,28,30,31,33);1H3. The molecule has 0 spiro atoms. The second-order valence-electron chi connectivity index (χ2n) is 9.67. The van der Waals surface area contributed by atoms with E-state index in [1.165, 1.54) is 10.7 Å². The molecule has 15 heteroatoms. The minimum absolute atomic E-state index is 0.204. The molecular weight excluding hydrogens is 532 g/mol. The van der Waals surface area contributed by atoms with Crippen LogP contribution < -0.4 is 10.6 Å². The molecule has 2 atom stereocenters. The van der Waals surface area contributed by atoms with Crippen LogP contribution in [0.3, 0.4) is 0 Å². The van der Waals surface area contributed by atoms with Crippen LogP contribution in [0.4, 0.5) is 29.3 Å². The molecule has 2 aliphatic heterocycles. The lowest BCUT2D eigenvalue weighted by molar-refractivity contribution is -0.0794. The van der Waals surface area contributed by atoms with E-state index in [4.69, 9.17) is 4.74 Å². The van der Waals surface area contributed by atoms with E-state index in [1.54, 1.807) is 23.9 Å². The Morgan fingerprint density at radius 1 is 1.15 bits per heavy atom. The van der Waals surface area contributed by atoms with Crippen molar-refractivity contribution in [3.8, 4) is 11.3 Å². The lowest BCUT2D eigenvalue weighted by Gasteiger charge is -2.42. The summed E-state index contributed by atoms with van der Waals surface area (Å²) in [6.45, 7) is 2.43. The highest BCUT2D eigenvalue weighted by Gasteiger charge is 2.35. The van der Waals surface area contributed by atoms with E-state index in [-0.39, 0.29) is 17.6 Å². The Morgan fingerprint density at radius 2 is 1.98 bits per heavy atom. The molecule has 216 valence electrons. The largest absolute Gasteiger partial charge is 0.378 e. The molecule has 0 aromatic carbocycles. The number of nitrogens with one attached hydrogen (secondary N) is 2. The lowest BCUT2D eigenvalue weighted by atomic mass is 10.0. The summed E-state index contributed by atoms with van der Waals surface area (Å²) in [6.07, 6.45) is 1.75. The average Bonchev–Trinajstić information content (AvgIpc) is 3.49. The highest BCUT2D eigenvalue weighted by atomic mass is 19.1. The van der Waals surface area contributed by atoms with E-state index in [1.807, 2.05) is 0 Å². The van der Waals surface area contributed by atoms with Crippen molar-refractivity contribution in [1.29, 1.82) is 0 Å². The van der Waals surface area contributed by atoms with E-state index in [0.717, 1.165) is 6.54 Å². The fourth-order valence-electron chi connectivity index (χ4n) is 5.05. The fraction of sp³-hybridized carbons (Fsp3) is 0.560. The Kier molecular flexibility index (Phi) is 8.59. The van der Waals surface area contributed by atoms with Gasteiger partial charge in [-0.3, -0.25) is 13.7 Å². The predicted molar refractivity (Wildman–Crippen MR) is 142 cm³/mol. The molecule has 0 amide bonds. The number of halogens is 4. The highest BCUT2D eigenvalue weighted by molar-refractivity contribution is 5.89. The maximum atomic E-state index is 15.4. The summed E-state index contributed by atoms with van der Waals surface area (Å²) in [5.74, 6) is 0.0445. The van der Waals surface area contributed by atoms with Crippen molar-refractivity contribution in [2.24, 2.45) is 0 Å². The van der Waals surface area contributed by atoms with Gasteiger partial charge in [0.25, 0.3) is 0 Å². The van der Waals surface area contributed by atoms with Crippen LogP contribution in [0.15, 0.2) is 18.3 Å². The van der Waals surface area contributed by atoms with Crippen molar-refractivity contribution >= 4 is 28.4 Å². The predicted octanol–water partition coefficient (Wildman–Crippen LogP) is 3.28. The quantitative estimate of drug-likeness (QED) is 0.234. The molecule has 6 heterocycles. The van der Waals surface area contributed by atoms with Gasteiger partial charge >= 0.3 is 0 Å². The topological polar surface area (TPSA) is 110 Å². The van der Waals surface area contributed by atoms with Gasteiger partial charge in [-0.15, -0.1) is 10.2 Å². The molecule has 6 rings (SSSR count). The summed E-state index contributed by atoms with van der Waals surface area (Å²) in [5.41, 5.74) is 2.03. The van der Waals surface area contributed by atoms with Gasteiger partial charge in [0.2, 0.25) is 5.95 Å². The third-order valence-corrected chi connectivity index (χ3v) is 7.21. The molecule has 40 heavy (non-hydrogen) atoms. The number of nitrogens with zero attached hydrogens (tertiary/aromatic N) is 8. The number of aryl methyl sites for hydroxylation is 1. The van der Waals surface area contributed by atoms with E-state index in [2.05, 4.69) is 40.9 Å². The van der Waals surface area contributed by atoms with Gasteiger partial charge in [-0.25, -0.2) is 23.0 Å². The lowest BCUT2D eigenvalue weighted by Crippen LogP contribution is -2.57. The third-order valence-electron chi connectivity index (χ3n) is 7.21. The second-order valence-corrected chi connectivity index (χ2v) is 9.67. The van der Waals surface area contributed by atoms with E-state index in [0.29, 0.717) is 80.9 Å². The van der Waals surface area contributed by atoms with Crippen LogP contribution >= 0.6 is 0 Å². The maximum absolute atomic E-state index is 15.4. The third kappa shape index (κ3) is 5.39. The van der Waals surface area contributed by atoms with E-state index < -0.39 is 24.7 Å². The van der Waals surface area contributed by atoms with Crippen molar-refractivity contribution in [2.75, 3.05) is 57.8 Å². The SMILES string of the molecule is CF.CNc1nc(NC2CCN(C3COC3)CC2F)nn2cc(F)c(-c3ccc4nnn(CCCCF)c4n3)c12. The highest BCUT2D eigenvalue weighted by Crippen LogP contribution is 2.33. The van der Waals surface area contributed by atoms with Crippen molar-refractivity contribution < 1.29 is 22.3 Å². The molecule has 4 aromatic rings. The number of alkyl halides is 3. The first-order chi connectivity index (χ1) is 19.6. The number of hydrogen-bond donors (Lipinski definition) is 2. The van der Waals surface area contributed by atoms with Crippen molar-refractivity contribution in [3.05, 3.63) is 24.1 Å². The van der Waals surface area contributed by atoms with Crippen LogP contribution in [-0.2, 0) is 11.3 Å². The molecule has 0 bridgehead atoms. The van der Waals surface area contributed by atoms with Crippen LogP contribution in [0.25, 0.3) is 27.9 Å². The Hall–Kier alpha value is -3.59. The number of hydrogen-bond acceptors (Lipinski definition) is 9. The normalized spacial score (nSPS) is 19.9. The first-order valence-electron chi connectivity index (χ1n) is 13.2. The first kappa shape index (κ1) is 28.0. The summed E-state index contributed by atoms with van der Waals surface area (Å²) in [7, 11) is 2.18. The number of ether oxygens (including phenoxy) is 1. The Bertz CT molecular complexity index is 1440. The number of pyridine rings is 1. The summed E-state index contributed by atoms with van der Waals surface area (Å²) in [5, 5.41) is 18.8. The summed E-state index contributed by atoms with van der Waals surface area (Å²) >= 11 is 0. The zero-order chi connectivity index (χ0) is 28.2. The average molecular weight is 565 g/mol. The monoisotopic (exact) mass is 564 g/mol. The maximum Gasteiger partial charge on any atom is 0.243 e. The summed E-state index contributed by atoms with van der Waals surface area (Å²) in [4.78, 5) is 11.3. The zero-order valence-electron chi connectivity index (χ0n) is 22.3. The summed E-state index contributed by atoms with van der Waals surface area (Å²) < 4.78 is 60.6. The van der Waals surface area contributed by atoms with Crippen LogP contribution in [-0.4, -0.2) is 105 Å². The molecule has 2 N–H and O–H groups in total. The number of likely N-dealkylation sites (tertiary alicyclic amines) is 1. The molecular formula is C25H32F4N10O. The van der Waals surface area contributed by atoms with Crippen molar-refractivity contribution in [1.82, 2.24) is 39.5 Å². The number of anilines is 2. The molecule has 0 radical (unpaired) electrons. The van der Waals surface area contributed by atoms with Crippen LogP contribution in [0.5, 0.6) is 0 Å². The molecule has 0 saturated carbocycles. The van der Waals surface area contributed by atoms with Gasteiger partial charge in [0.1, 0.15) is 17.2 Å². The van der Waals surface area contributed by atoms with E-state index >= 15 is 4.39 Å². The van der Waals surface area contributed by atoms with Gasteiger partial charge in [0.05, 0.1) is 56.6 Å². The van der Waals surface area contributed by atoms with E-state index in [9.17, 15) is 13.2 Å². The molecule has 2 unspecified atom stereocenters. The minimum Gasteiger partial charge on any atom is -0.378 e. The molecule has 0 aliphatic carbocycles. The van der Waals surface area contributed by atoms with Crippen molar-refractivity contribution in [3.63, 3.8) is 0 Å². The second kappa shape index (κ2) is 12.3. The van der Waals surface area contributed by atoms with Gasteiger partial charge in [-0.05, 0) is 31.4 Å². The van der Waals surface area contributed by atoms with Crippen LogP contribution in [0, 0.1) is 5.82 Å². The van der Waals surface area contributed by atoms with Gasteiger partial charge < -0.3 is 15.4 Å². The number of rotatable bonds is 9. The smallest absolute Gasteiger partial charge is 0.243 e. The molecule has 4 aromatic heterocycles. The van der Waals surface area contributed by atoms with Crippen LogP contribution in [0.1, 0.15) is 19.3 Å². The first-order valence-corrected chi connectivity index (χ1v) is 13.2. The zero-order valence-corrected chi connectivity index (χ0v) is 22.3. The fourth-order valence-corrected chi connectivity index (χ4v) is 5.05. The molecule has 2 aliphatic rings. The number of fused-ring (bicyclic) bond motifs is 2. The Balaban J connectivity index is 0.00000158. The number of aromatic nitrogens is 7. The van der Waals surface area contributed by atoms with Crippen molar-refractivity contribution in [2.45, 2.75) is 44.1 Å². The molecule has 11 nitrogen and oxygen atoms in total. The summed E-state index contributed by atoms with van der Waals surface area (Å²) in [6, 6.07) is 3.22. The minimum atomic E-state index is -1.10. The Morgan fingerprint density at radius 3 is 2.67 bits per heavy atom. The number of unbranched alkanes of at least 4 members (excludes halogenated alkanes) is 1. The van der Waals surface area contributed by atoms with Gasteiger partial charge in [0.15, 0.2) is 17.3 Å². The van der Waals surface area contributed by atoms with Crippen LogP contribution in [0.2, 0.25) is 0 Å². The van der Waals surface area contributed by atoms with Gasteiger partial charge in [-0.1, -0.05) is 5.21 Å². The van der Waals surface area contributed by atoms with Gasteiger partial charge in [-0.2, -0.15) is 4.98 Å².